The number of carbonyl (C=O) groups is 1. The SMILES string of the molecule is CC(C)NC1CC(=O)N(c2ccc(Br)s2)C1. The molecule has 1 unspecified atom stereocenters. The molecule has 1 atom stereocenters. The van der Waals surface area contributed by atoms with Crippen molar-refractivity contribution in [1.29, 1.82) is 0 Å². The van der Waals surface area contributed by atoms with Crippen LogP contribution in [0.25, 0.3) is 0 Å². The van der Waals surface area contributed by atoms with Crippen molar-refractivity contribution in [1.82, 2.24) is 5.32 Å². The van der Waals surface area contributed by atoms with Gasteiger partial charge in [-0.05, 0) is 28.1 Å². The molecule has 0 radical (unpaired) electrons. The van der Waals surface area contributed by atoms with Gasteiger partial charge in [-0.2, -0.15) is 0 Å². The number of hydrogen-bond acceptors (Lipinski definition) is 3. The number of anilines is 1. The Bertz CT molecular complexity index is 391. The second-order valence-corrected chi connectivity index (χ2v) is 6.75. The summed E-state index contributed by atoms with van der Waals surface area (Å²) in [6.45, 7) is 4.99. The number of halogens is 1. The number of carbonyl (C=O) groups excluding carboxylic acids is 1. The molecule has 5 heteroatoms. The van der Waals surface area contributed by atoms with E-state index in [1.54, 1.807) is 11.3 Å². The molecule has 0 aromatic carbocycles. The molecular weight excluding hydrogens is 288 g/mol. The normalized spacial score (nSPS) is 21.1. The van der Waals surface area contributed by atoms with E-state index in [1.807, 2.05) is 17.0 Å². The fourth-order valence-corrected chi connectivity index (χ4v) is 3.34. The molecule has 1 aliphatic rings. The molecule has 88 valence electrons. The van der Waals surface area contributed by atoms with E-state index in [2.05, 4.69) is 35.1 Å². The van der Waals surface area contributed by atoms with Crippen LogP contribution in [0.15, 0.2) is 15.9 Å². The number of nitrogens with one attached hydrogen (secondary N) is 1. The van der Waals surface area contributed by atoms with E-state index in [9.17, 15) is 4.79 Å². The fraction of sp³-hybridized carbons (Fsp3) is 0.545. The molecule has 3 nitrogen and oxygen atoms in total. The van der Waals surface area contributed by atoms with Crippen LogP contribution in [0.1, 0.15) is 20.3 Å². The summed E-state index contributed by atoms with van der Waals surface area (Å²) < 4.78 is 1.07. The minimum atomic E-state index is 0.215. The van der Waals surface area contributed by atoms with Crippen molar-refractivity contribution < 1.29 is 4.79 Å². The molecule has 2 rings (SSSR count). The zero-order valence-electron chi connectivity index (χ0n) is 9.37. The van der Waals surface area contributed by atoms with E-state index in [-0.39, 0.29) is 11.9 Å². The van der Waals surface area contributed by atoms with Crippen molar-refractivity contribution in [3.8, 4) is 0 Å². The zero-order valence-corrected chi connectivity index (χ0v) is 11.8. The van der Waals surface area contributed by atoms with Crippen molar-refractivity contribution in [3.63, 3.8) is 0 Å². The van der Waals surface area contributed by atoms with E-state index >= 15 is 0 Å². The van der Waals surface area contributed by atoms with Gasteiger partial charge in [0, 0.05) is 25.0 Å². The van der Waals surface area contributed by atoms with Crippen molar-refractivity contribution in [3.05, 3.63) is 15.9 Å². The van der Waals surface area contributed by atoms with Gasteiger partial charge in [-0.1, -0.05) is 13.8 Å². The summed E-state index contributed by atoms with van der Waals surface area (Å²) >= 11 is 5.02. The van der Waals surface area contributed by atoms with Gasteiger partial charge in [-0.25, -0.2) is 0 Å². The largest absolute Gasteiger partial charge is 0.309 e. The number of amides is 1. The zero-order chi connectivity index (χ0) is 11.7. The van der Waals surface area contributed by atoms with Crippen molar-refractivity contribution in [2.75, 3.05) is 11.4 Å². The third kappa shape index (κ3) is 2.64. The second kappa shape index (κ2) is 4.85. The molecule has 0 saturated carbocycles. The smallest absolute Gasteiger partial charge is 0.229 e. The fourth-order valence-electron chi connectivity index (χ4n) is 1.95. The number of thiophene rings is 1. The lowest BCUT2D eigenvalue weighted by atomic mass is 10.2. The van der Waals surface area contributed by atoms with Crippen molar-refractivity contribution in [2.24, 2.45) is 0 Å². The van der Waals surface area contributed by atoms with Crippen LogP contribution in [0.5, 0.6) is 0 Å². The molecule has 1 N–H and O–H groups in total. The van der Waals surface area contributed by atoms with E-state index in [0.29, 0.717) is 12.5 Å². The van der Waals surface area contributed by atoms with Crippen LogP contribution < -0.4 is 10.2 Å². The highest BCUT2D eigenvalue weighted by molar-refractivity contribution is 9.11. The molecule has 1 saturated heterocycles. The second-order valence-electron chi connectivity index (χ2n) is 4.30. The highest BCUT2D eigenvalue weighted by atomic mass is 79.9. The molecule has 1 aromatic heterocycles. The average molecular weight is 303 g/mol. The van der Waals surface area contributed by atoms with Crippen LogP contribution in [-0.4, -0.2) is 24.5 Å². The Balaban J connectivity index is 2.05. The Morgan fingerprint density at radius 3 is 2.88 bits per heavy atom. The summed E-state index contributed by atoms with van der Waals surface area (Å²) in [5.74, 6) is 0.215. The Labute approximate surface area is 108 Å². The first kappa shape index (κ1) is 12.1. The summed E-state index contributed by atoms with van der Waals surface area (Å²) in [6.07, 6.45) is 0.605. The first-order valence-electron chi connectivity index (χ1n) is 5.38. The van der Waals surface area contributed by atoms with E-state index < -0.39 is 0 Å². The highest BCUT2D eigenvalue weighted by Gasteiger charge is 2.31. The van der Waals surface area contributed by atoms with Crippen molar-refractivity contribution >= 4 is 38.2 Å². The molecule has 0 bridgehead atoms. The number of nitrogens with zero attached hydrogens (tertiary/aromatic N) is 1. The third-order valence-corrected chi connectivity index (χ3v) is 4.17. The molecular formula is C11H15BrN2OS. The van der Waals surface area contributed by atoms with Gasteiger partial charge in [0.05, 0.1) is 8.79 Å². The van der Waals surface area contributed by atoms with E-state index in [4.69, 9.17) is 0 Å². The van der Waals surface area contributed by atoms with Crippen LogP contribution in [0.3, 0.4) is 0 Å². The quantitative estimate of drug-likeness (QED) is 0.931. The number of rotatable bonds is 3. The van der Waals surface area contributed by atoms with Gasteiger partial charge in [-0.3, -0.25) is 4.79 Å². The lowest BCUT2D eigenvalue weighted by molar-refractivity contribution is -0.117. The van der Waals surface area contributed by atoms with Crippen LogP contribution >= 0.6 is 27.3 Å². The molecule has 0 aliphatic carbocycles. The minimum Gasteiger partial charge on any atom is -0.309 e. The highest BCUT2D eigenvalue weighted by Crippen LogP contribution is 2.32. The molecule has 0 spiro atoms. The van der Waals surface area contributed by atoms with Gasteiger partial charge in [-0.15, -0.1) is 11.3 Å². The minimum absolute atomic E-state index is 0.215. The Morgan fingerprint density at radius 2 is 2.31 bits per heavy atom. The van der Waals surface area contributed by atoms with Gasteiger partial charge < -0.3 is 10.2 Å². The van der Waals surface area contributed by atoms with E-state index in [1.165, 1.54) is 0 Å². The maximum atomic E-state index is 11.9. The van der Waals surface area contributed by atoms with Gasteiger partial charge in [0.2, 0.25) is 5.91 Å². The van der Waals surface area contributed by atoms with Gasteiger partial charge in [0.25, 0.3) is 0 Å². The lowest BCUT2D eigenvalue weighted by Crippen LogP contribution is -2.36. The molecule has 16 heavy (non-hydrogen) atoms. The Morgan fingerprint density at radius 1 is 1.56 bits per heavy atom. The summed E-state index contributed by atoms with van der Waals surface area (Å²) in [6, 6.07) is 4.68. The first-order chi connectivity index (χ1) is 7.56. The first-order valence-corrected chi connectivity index (χ1v) is 6.99. The predicted octanol–water partition coefficient (Wildman–Crippen LogP) is 2.61. The molecule has 1 fully saturated rings. The van der Waals surface area contributed by atoms with Crippen LogP contribution in [-0.2, 0) is 4.79 Å². The number of hydrogen-bond donors (Lipinski definition) is 1. The predicted molar refractivity (Wildman–Crippen MR) is 71.0 cm³/mol. The standard InChI is InChI=1S/C11H15BrN2OS/c1-7(2)13-8-5-10(15)14(6-8)11-4-3-9(12)16-11/h3-4,7-8,13H,5-6H2,1-2H3. The molecule has 2 heterocycles. The summed E-state index contributed by atoms with van der Waals surface area (Å²) in [5, 5.41) is 4.44. The summed E-state index contributed by atoms with van der Waals surface area (Å²) in [5.41, 5.74) is 0. The van der Waals surface area contributed by atoms with Crippen LogP contribution in [0.4, 0.5) is 5.00 Å². The van der Waals surface area contributed by atoms with Gasteiger partial charge in [0.1, 0.15) is 0 Å². The van der Waals surface area contributed by atoms with Crippen LogP contribution in [0.2, 0.25) is 0 Å². The van der Waals surface area contributed by atoms with Gasteiger partial charge >= 0.3 is 0 Å². The van der Waals surface area contributed by atoms with Gasteiger partial charge in [0.15, 0.2) is 0 Å². The average Bonchev–Trinajstić information content (AvgIpc) is 2.72. The lowest BCUT2D eigenvalue weighted by Gasteiger charge is -2.16. The van der Waals surface area contributed by atoms with Crippen LogP contribution in [0, 0.1) is 0 Å². The third-order valence-electron chi connectivity index (χ3n) is 2.52. The summed E-state index contributed by atoms with van der Waals surface area (Å²) in [7, 11) is 0. The van der Waals surface area contributed by atoms with Crippen molar-refractivity contribution in [2.45, 2.75) is 32.4 Å². The topological polar surface area (TPSA) is 32.3 Å². The molecule has 1 aromatic rings. The maximum absolute atomic E-state index is 11.9. The Hall–Kier alpha value is -0.390. The molecule has 1 amide bonds. The maximum Gasteiger partial charge on any atom is 0.229 e. The summed E-state index contributed by atoms with van der Waals surface area (Å²) in [4.78, 5) is 13.7. The monoisotopic (exact) mass is 302 g/mol. The van der Waals surface area contributed by atoms with E-state index in [0.717, 1.165) is 15.3 Å². The Kier molecular flexibility index (Phi) is 3.66. The molecule has 1 aliphatic heterocycles.